The quantitative estimate of drug-likeness (QED) is 0.592. The van der Waals surface area contributed by atoms with Crippen LogP contribution in [0.5, 0.6) is 5.75 Å². The number of hydrogen-bond donors (Lipinski definition) is 0. The summed E-state index contributed by atoms with van der Waals surface area (Å²) in [6.45, 7) is 0.347. The van der Waals surface area contributed by atoms with E-state index in [1.165, 1.54) is 35.5 Å². The average molecular weight is 414 g/mol. The fraction of sp³-hybridized carbons (Fsp3) is 0.190. The standard InChI is InChI=1S/C21H22N2O5S/c1-22(15-19-5-4-14-28-19)21(24)16-6-8-17(9-7-16)23(2)29(25,26)20-12-10-18(27-3)11-13-20/h4-14H,15H2,1-3H3. The van der Waals surface area contributed by atoms with Crippen LogP contribution in [0.3, 0.4) is 0 Å². The number of sulfonamides is 1. The zero-order valence-electron chi connectivity index (χ0n) is 16.4. The molecule has 3 rings (SSSR count). The van der Waals surface area contributed by atoms with Crippen molar-refractivity contribution in [2.24, 2.45) is 0 Å². The van der Waals surface area contributed by atoms with Crippen molar-refractivity contribution >= 4 is 21.6 Å². The van der Waals surface area contributed by atoms with Crippen molar-refractivity contribution in [3.63, 3.8) is 0 Å². The molecule has 0 aliphatic carbocycles. The van der Waals surface area contributed by atoms with Gasteiger partial charge >= 0.3 is 0 Å². The molecule has 7 nitrogen and oxygen atoms in total. The van der Waals surface area contributed by atoms with Gasteiger partial charge in [0.1, 0.15) is 11.5 Å². The highest BCUT2D eigenvalue weighted by molar-refractivity contribution is 7.92. The number of carbonyl (C=O) groups excluding carboxylic acids is 1. The van der Waals surface area contributed by atoms with Crippen LogP contribution in [0.1, 0.15) is 16.1 Å². The molecular weight excluding hydrogens is 392 g/mol. The maximum atomic E-state index is 12.8. The average Bonchev–Trinajstić information content (AvgIpc) is 3.25. The number of ether oxygens (including phenoxy) is 1. The molecule has 1 aromatic heterocycles. The fourth-order valence-corrected chi connectivity index (χ4v) is 3.98. The van der Waals surface area contributed by atoms with Crippen LogP contribution < -0.4 is 9.04 Å². The summed E-state index contributed by atoms with van der Waals surface area (Å²) < 4.78 is 37.2. The largest absolute Gasteiger partial charge is 0.497 e. The summed E-state index contributed by atoms with van der Waals surface area (Å²) in [6.07, 6.45) is 1.56. The second-order valence-corrected chi connectivity index (χ2v) is 8.40. The Morgan fingerprint density at radius 2 is 1.66 bits per heavy atom. The number of hydrogen-bond acceptors (Lipinski definition) is 5. The summed E-state index contributed by atoms with van der Waals surface area (Å²) in [7, 11) is 0.939. The van der Waals surface area contributed by atoms with Gasteiger partial charge in [-0.25, -0.2) is 8.42 Å². The number of methoxy groups -OCH3 is 1. The third-order valence-corrected chi connectivity index (χ3v) is 6.32. The SMILES string of the molecule is COc1ccc(S(=O)(=O)N(C)c2ccc(C(=O)N(C)Cc3ccco3)cc2)cc1. The zero-order valence-corrected chi connectivity index (χ0v) is 17.2. The van der Waals surface area contributed by atoms with Crippen LogP contribution in [0.15, 0.2) is 76.2 Å². The van der Waals surface area contributed by atoms with Crippen molar-refractivity contribution in [2.45, 2.75) is 11.4 Å². The summed E-state index contributed by atoms with van der Waals surface area (Å²) in [4.78, 5) is 14.3. The molecule has 0 saturated carbocycles. The van der Waals surface area contributed by atoms with Crippen LogP contribution in [0.25, 0.3) is 0 Å². The molecular formula is C21H22N2O5S. The molecule has 0 unspecified atom stereocenters. The highest BCUT2D eigenvalue weighted by Gasteiger charge is 2.22. The third kappa shape index (κ3) is 4.43. The number of amides is 1. The topological polar surface area (TPSA) is 80.1 Å². The first-order chi connectivity index (χ1) is 13.8. The van der Waals surface area contributed by atoms with Gasteiger partial charge in [-0.15, -0.1) is 0 Å². The van der Waals surface area contributed by atoms with Crippen molar-refractivity contribution in [1.82, 2.24) is 4.90 Å². The van der Waals surface area contributed by atoms with E-state index < -0.39 is 10.0 Å². The van der Waals surface area contributed by atoms with E-state index in [9.17, 15) is 13.2 Å². The van der Waals surface area contributed by atoms with E-state index in [1.807, 2.05) is 0 Å². The zero-order chi connectivity index (χ0) is 21.0. The lowest BCUT2D eigenvalue weighted by molar-refractivity contribution is 0.0775. The van der Waals surface area contributed by atoms with Gasteiger partial charge in [-0.1, -0.05) is 0 Å². The van der Waals surface area contributed by atoms with Gasteiger partial charge in [0.15, 0.2) is 0 Å². The minimum absolute atomic E-state index is 0.152. The van der Waals surface area contributed by atoms with E-state index in [0.717, 1.165) is 0 Å². The Hall–Kier alpha value is -3.26. The first kappa shape index (κ1) is 20.5. The van der Waals surface area contributed by atoms with E-state index in [4.69, 9.17) is 9.15 Å². The number of carbonyl (C=O) groups is 1. The third-order valence-electron chi connectivity index (χ3n) is 4.52. The smallest absolute Gasteiger partial charge is 0.264 e. The van der Waals surface area contributed by atoms with Crippen molar-refractivity contribution in [3.05, 3.63) is 78.3 Å². The fourth-order valence-electron chi connectivity index (χ4n) is 2.79. The maximum Gasteiger partial charge on any atom is 0.264 e. The monoisotopic (exact) mass is 414 g/mol. The molecule has 0 saturated heterocycles. The van der Waals surface area contributed by atoms with Gasteiger partial charge < -0.3 is 14.1 Å². The number of rotatable bonds is 7. The predicted molar refractivity (Wildman–Crippen MR) is 110 cm³/mol. The Bertz CT molecular complexity index is 1060. The Kier molecular flexibility index (Phi) is 5.93. The van der Waals surface area contributed by atoms with E-state index >= 15 is 0 Å². The summed E-state index contributed by atoms with van der Waals surface area (Å²) in [5.41, 5.74) is 0.907. The van der Waals surface area contributed by atoms with Gasteiger partial charge in [-0.05, 0) is 60.7 Å². The van der Waals surface area contributed by atoms with E-state index in [-0.39, 0.29) is 10.8 Å². The summed E-state index contributed by atoms with van der Waals surface area (Å²) in [5, 5.41) is 0. The molecule has 0 radical (unpaired) electrons. The lowest BCUT2D eigenvalue weighted by Crippen LogP contribution is -2.27. The summed E-state index contributed by atoms with van der Waals surface area (Å²) in [5.74, 6) is 1.07. The number of anilines is 1. The molecule has 0 N–H and O–H groups in total. The molecule has 152 valence electrons. The maximum absolute atomic E-state index is 12.8. The van der Waals surface area contributed by atoms with Gasteiger partial charge in [0.05, 0.1) is 30.5 Å². The number of furan rings is 1. The molecule has 0 atom stereocenters. The van der Waals surface area contributed by atoms with Gasteiger partial charge in [0.2, 0.25) is 0 Å². The van der Waals surface area contributed by atoms with Crippen molar-refractivity contribution in [1.29, 1.82) is 0 Å². The van der Waals surface area contributed by atoms with Gasteiger partial charge in [-0.2, -0.15) is 0 Å². The van der Waals surface area contributed by atoms with Crippen molar-refractivity contribution in [2.75, 3.05) is 25.5 Å². The Morgan fingerprint density at radius 3 is 2.21 bits per heavy atom. The Balaban J connectivity index is 1.75. The lowest BCUT2D eigenvalue weighted by atomic mass is 10.2. The van der Waals surface area contributed by atoms with Gasteiger partial charge in [0.25, 0.3) is 15.9 Å². The second kappa shape index (κ2) is 8.40. The van der Waals surface area contributed by atoms with Crippen molar-refractivity contribution < 1.29 is 22.4 Å². The van der Waals surface area contributed by atoms with Crippen LogP contribution in [0, 0.1) is 0 Å². The van der Waals surface area contributed by atoms with Gasteiger partial charge in [-0.3, -0.25) is 9.10 Å². The van der Waals surface area contributed by atoms with Crippen LogP contribution in [-0.4, -0.2) is 40.4 Å². The molecule has 0 fully saturated rings. The molecule has 0 aliphatic heterocycles. The predicted octanol–water partition coefficient (Wildman–Crippen LogP) is 3.39. The highest BCUT2D eigenvalue weighted by Crippen LogP contribution is 2.24. The lowest BCUT2D eigenvalue weighted by Gasteiger charge is -2.20. The van der Waals surface area contributed by atoms with Crippen LogP contribution >= 0.6 is 0 Å². The molecule has 0 spiro atoms. The molecule has 8 heteroatoms. The minimum atomic E-state index is -3.73. The number of nitrogens with zero attached hydrogens (tertiary/aromatic N) is 2. The second-order valence-electron chi connectivity index (χ2n) is 6.44. The van der Waals surface area contributed by atoms with E-state index in [0.29, 0.717) is 29.3 Å². The Labute approximate surface area is 170 Å². The minimum Gasteiger partial charge on any atom is -0.497 e. The highest BCUT2D eigenvalue weighted by atomic mass is 32.2. The molecule has 29 heavy (non-hydrogen) atoms. The molecule has 3 aromatic rings. The first-order valence-corrected chi connectivity index (χ1v) is 10.3. The van der Waals surface area contributed by atoms with E-state index in [2.05, 4.69) is 0 Å². The van der Waals surface area contributed by atoms with E-state index in [1.54, 1.807) is 61.8 Å². The first-order valence-electron chi connectivity index (χ1n) is 8.84. The van der Waals surface area contributed by atoms with Crippen LogP contribution in [0.4, 0.5) is 5.69 Å². The molecule has 2 aromatic carbocycles. The van der Waals surface area contributed by atoms with Gasteiger partial charge in [0, 0.05) is 19.7 Å². The normalized spacial score (nSPS) is 11.1. The van der Waals surface area contributed by atoms with Crippen LogP contribution in [-0.2, 0) is 16.6 Å². The molecule has 1 heterocycles. The molecule has 0 bridgehead atoms. The number of benzene rings is 2. The van der Waals surface area contributed by atoms with Crippen LogP contribution in [0.2, 0.25) is 0 Å². The molecule has 1 amide bonds. The Morgan fingerprint density at radius 1 is 1.00 bits per heavy atom. The van der Waals surface area contributed by atoms with Crippen molar-refractivity contribution in [3.8, 4) is 5.75 Å². The molecule has 0 aliphatic rings. The summed E-state index contributed by atoms with van der Waals surface area (Å²) in [6, 6.07) is 16.2. The summed E-state index contributed by atoms with van der Waals surface area (Å²) >= 11 is 0.